The molecule has 2 aromatic rings. The fourth-order valence-corrected chi connectivity index (χ4v) is 4.19. The highest BCUT2D eigenvalue weighted by Gasteiger charge is 2.24. The zero-order valence-corrected chi connectivity index (χ0v) is 21.1. The van der Waals surface area contributed by atoms with Crippen LogP contribution in [0.15, 0.2) is 47.4 Å². The first-order chi connectivity index (χ1) is 15.4. The van der Waals surface area contributed by atoms with E-state index in [4.69, 9.17) is 15.2 Å². The second kappa shape index (κ2) is 11.1. The molecule has 182 valence electrons. The van der Waals surface area contributed by atoms with Gasteiger partial charge in [0.25, 0.3) is 15.6 Å². The molecule has 0 saturated carbocycles. The predicted molar refractivity (Wildman–Crippen MR) is 131 cm³/mol. The fourth-order valence-electron chi connectivity index (χ4n) is 2.88. The van der Waals surface area contributed by atoms with Gasteiger partial charge in [-0.15, -0.1) is 0 Å². The molecule has 0 aliphatic rings. The van der Waals surface area contributed by atoms with Gasteiger partial charge in [-0.2, -0.15) is 4.39 Å². The Bertz CT molecular complexity index is 1080. The van der Waals surface area contributed by atoms with Crippen LogP contribution in [0.5, 0.6) is 11.5 Å². The lowest BCUT2D eigenvalue weighted by Gasteiger charge is -2.19. The molecule has 0 saturated heterocycles. The van der Waals surface area contributed by atoms with E-state index in [1.165, 1.54) is 49.4 Å². The van der Waals surface area contributed by atoms with Crippen LogP contribution >= 0.6 is 9.24 Å². The van der Waals surface area contributed by atoms with Crippen molar-refractivity contribution < 1.29 is 27.1 Å². The summed E-state index contributed by atoms with van der Waals surface area (Å²) in [5.74, 6) is -0.169. The fraction of sp³-hybridized carbons (Fsp3) is 0.409. The van der Waals surface area contributed by atoms with E-state index in [0.717, 1.165) is 6.42 Å². The van der Waals surface area contributed by atoms with Gasteiger partial charge in [-0.1, -0.05) is 35.6 Å². The van der Waals surface area contributed by atoms with Crippen LogP contribution < -0.4 is 25.2 Å². The third-order valence-electron chi connectivity index (χ3n) is 4.76. The molecular weight excluding hydrogens is 468 g/mol. The number of ether oxygens (including phenoxy) is 2. The number of anilines is 2. The maximum absolute atomic E-state index is 13.7. The maximum atomic E-state index is 13.7. The number of carbonyl (C=O) groups is 1. The van der Waals surface area contributed by atoms with E-state index in [1.54, 1.807) is 6.92 Å². The molecule has 0 bridgehead atoms. The normalized spacial score (nSPS) is 15.1. The molecule has 0 spiro atoms. The minimum Gasteiger partial charge on any atom is -0.492 e. The number of sulfonamides is 1. The van der Waals surface area contributed by atoms with E-state index in [9.17, 15) is 17.6 Å². The van der Waals surface area contributed by atoms with Gasteiger partial charge in [-0.3, -0.25) is 9.52 Å². The molecule has 3 unspecified atom stereocenters. The molecule has 2 rings (SSSR count). The van der Waals surface area contributed by atoms with E-state index < -0.39 is 21.7 Å². The van der Waals surface area contributed by atoms with Crippen molar-refractivity contribution >= 4 is 36.5 Å². The van der Waals surface area contributed by atoms with Crippen LogP contribution in [-0.2, 0) is 14.8 Å². The maximum Gasteiger partial charge on any atom is 0.265 e. The van der Waals surface area contributed by atoms with Gasteiger partial charge in [0.2, 0.25) is 5.91 Å². The summed E-state index contributed by atoms with van der Waals surface area (Å²) in [5.41, 5.74) is 4.51. The number of benzene rings is 2. The third-order valence-corrected chi connectivity index (χ3v) is 6.30. The zero-order valence-electron chi connectivity index (χ0n) is 19.1. The molecule has 11 heteroatoms. The summed E-state index contributed by atoms with van der Waals surface area (Å²) in [6.07, 6.45) is 0.746. The van der Waals surface area contributed by atoms with Crippen molar-refractivity contribution in [2.75, 3.05) is 16.6 Å². The van der Waals surface area contributed by atoms with Crippen molar-refractivity contribution in [1.29, 1.82) is 0 Å². The topological polar surface area (TPSA) is 120 Å². The number of carbonyl (C=O) groups excluding carboxylic acids is 1. The van der Waals surface area contributed by atoms with Gasteiger partial charge in [-0.25, -0.2) is 8.42 Å². The van der Waals surface area contributed by atoms with Crippen LogP contribution in [-0.4, -0.2) is 32.6 Å². The molecule has 33 heavy (non-hydrogen) atoms. The number of nitrogens with two attached hydrogens (primary N) is 1. The van der Waals surface area contributed by atoms with E-state index in [0.29, 0.717) is 5.69 Å². The summed E-state index contributed by atoms with van der Waals surface area (Å²) in [7, 11) is -2.17. The van der Waals surface area contributed by atoms with E-state index >= 15 is 0 Å². The van der Waals surface area contributed by atoms with E-state index in [2.05, 4.69) is 10.0 Å². The van der Waals surface area contributed by atoms with Crippen LogP contribution in [0.2, 0.25) is 0 Å². The number of rotatable bonds is 11. The van der Waals surface area contributed by atoms with Crippen molar-refractivity contribution in [3.8, 4) is 11.5 Å². The molecule has 0 aromatic heterocycles. The van der Waals surface area contributed by atoms with Crippen molar-refractivity contribution in [1.82, 2.24) is 0 Å². The number of halogens is 1. The molecule has 0 aliphatic heterocycles. The molecule has 0 fully saturated rings. The summed E-state index contributed by atoms with van der Waals surface area (Å²) in [6, 6.07) is 9.44. The van der Waals surface area contributed by atoms with Gasteiger partial charge in [0.1, 0.15) is 16.4 Å². The SMILES string of the molecule is CCOc1cc(NC(=O)[C@@H](N)C(C)CC)ccc1S(=O)(=O)Nc1cccc(OC(C)(F)P)c1. The molecule has 0 radical (unpaired) electrons. The molecule has 2 aromatic carbocycles. The Hall–Kier alpha value is -2.42. The standard InChI is InChI=1S/C22H31FN3O5PS/c1-5-14(3)20(24)21(27)25-15-10-11-19(18(13-15)30-6-2)33(28,29)26-16-8-7-9-17(12-16)31-22(4,23)32/h7-14,20,26H,5-6,24,32H2,1-4H3,(H,25,27)/t14?,20-,22?/m0/s1. The molecule has 8 nitrogen and oxygen atoms in total. The van der Waals surface area contributed by atoms with Gasteiger partial charge < -0.3 is 20.5 Å². The van der Waals surface area contributed by atoms with Crippen LogP contribution in [0, 0.1) is 5.92 Å². The summed E-state index contributed by atoms with van der Waals surface area (Å²) in [4.78, 5) is 12.3. The molecular formula is C22H31FN3O5PS. The number of nitrogens with one attached hydrogen (secondary N) is 2. The number of alkyl halides is 1. The van der Waals surface area contributed by atoms with Gasteiger partial charge in [0, 0.05) is 24.7 Å². The Morgan fingerprint density at radius 1 is 1.21 bits per heavy atom. The van der Waals surface area contributed by atoms with Crippen molar-refractivity contribution in [3.63, 3.8) is 0 Å². The smallest absolute Gasteiger partial charge is 0.265 e. The lowest BCUT2D eigenvalue weighted by Crippen LogP contribution is -2.40. The van der Waals surface area contributed by atoms with Crippen molar-refractivity contribution in [2.24, 2.45) is 11.7 Å². The molecule has 1 amide bonds. The highest BCUT2D eigenvalue weighted by atomic mass is 32.2. The van der Waals surface area contributed by atoms with Crippen molar-refractivity contribution in [3.05, 3.63) is 42.5 Å². The third kappa shape index (κ3) is 7.84. The largest absolute Gasteiger partial charge is 0.492 e. The number of amides is 1. The molecule has 0 aliphatic carbocycles. The van der Waals surface area contributed by atoms with Crippen LogP contribution in [0.4, 0.5) is 15.8 Å². The van der Waals surface area contributed by atoms with Gasteiger partial charge in [0.15, 0.2) is 0 Å². The van der Waals surface area contributed by atoms with E-state index in [-0.39, 0.29) is 40.5 Å². The zero-order chi connectivity index (χ0) is 24.8. The Labute approximate surface area is 196 Å². The second-order valence-corrected chi connectivity index (χ2v) is 10.4. The highest BCUT2D eigenvalue weighted by molar-refractivity contribution is 7.92. The second-order valence-electron chi connectivity index (χ2n) is 7.72. The first-order valence-electron chi connectivity index (χ1n) is 10.5. The minimum atomic E-state index is -4.07. The van der Waals surface area contributed by atoms with Crippen molar-refractivity contribution in [2.45, 2.75) is 50.6 Å². The van der Waals surface area contributed by atoms with Crippen LogP contribution in [0.25, 0.3) is 0 Å². The summed E-state index contributed by atoms with van der Waals surface area (Å²) in [5, 5.41) is 2.70. The predicted octanol–water partition coefficient (Wildman–Crippen LogP) is 4.10. The van der Waals surface area contributed by atoms with Gasteiger partial charge in [0.05, 0.1) is 18.3 Å². The van der Waals surface area contributed by atoms with Crippen LogP contribution in [0.1, 0.15) is 34.1 Å². The summed E-state index contributed by atoms with van der Waals surface area (Å²) < 4.78 is 52.9. The van der Waals surface area contributed by atoms with Gasteiger partial charge >= 0.3 is 0 Å². The average Bonchev–Trinajstić information content (AvgIpc) is 2.71. The number of hydrogen-bond acceptors (Lipinski definition) is 6. The lowest BCUT2D eigenvalue weighted by molar-refractivity contribution is -0.118. The minimum absolute atomic E-state index is 0.0125. The monoisotopic (exact) mass is 499 g/mol. The average molecular weight is 500 g/mol. The summed E-state index contributed by atoms with van der Waals surface area (Å²) in [6.45, 7) is 6.95. The Morgan fingerprint density at radius 3 is 2.52 bits per heavy atom. The summed E-state index contributed by atoms with van der Waals surface area (Å²) >= 11 is 0. The molecule has 4 atom stereocenters. The lowest BCUT2D eigenvalue weighted by atomic mass is 9.99. The Kier molecular flexibility index (Phi) is 9.05. The molecule has 4 N–H and O–H groups in total. The van der Waals surface area contributed by atoms with Crippen LogP contribution in [0.3, 0.4) is 0 Å². The van der Waals surface area contributed by atoms with Gasteiger partial charge in [-0.05, 0) is 37.1 Å². The first kappa shape index (κ1) is 26.8. The van der Waals surface area contributed by atoms with E-state index in [1.807, 2.05) is 23.1 Å². The Morgan fingerprint density at radius 2 is 1.91 bits per heavy atom. The Balaban J connectivity index is 2.29. The number of hydrogen-bond donors (Lipinski definition) is 3. The first-order valence-corrected chi connectivity index (χ1v) is 12.5. The molecule has 0 heterocycles. The quantitative estimate of drug-likeness (QED) is 0.401. The highest BCUT2D eigenvalue weighted by Crippen LogP contribution is 2.31.